The molecule has 0 bridgehead atoms. The van der Waals surface area contributed by atoms with Crippen LogP contribution in [0.1, 0.15) is 0 Å². The number of hydrogen-bond donors (Lipinski definition) is 0. The molecule has 32 heavy (non-hydrogen) atoms. The molecule has 6 rings (SSSR count). The summed E-state index contributed by atoms with van der Waals surface area (Å²) in [5, 5.41) is 15.5. The Labute approximate surface area is 182 Å². The summed E-state index contributed by atoms with van der Waals surface area (Å²) < 4.78 is 6.24. The van der Waals surface area contributed by atoms with Gasteiger partial charge in [-0.2, -0.15) is 0 Å². The second kappa shape index (κ2) is 7.03. The fraction of sp³-hybridized carbons (Fsp3) is 0. The van der Waals surface area contributed by atoms with E-state index in [4.69, 9.17) is 9.40 Å². The molecule has 0 aliphatic carbocycles. The second-order valence-electron chi connectivity index (χ2n) is 7.64. The molecule has 0 atom stereocenters. The number of para-hydroxylation sites is 1. The Morgan fingerprint density at radius 3 is 2.22 bits per heavy atom. The highest BCUT2D eigenvalue weighted by molar-refractivity contribution is 6.23. The quantitative estimate of drug-likeness (QED) is 0.171. The first-order valence-corrected chi connectivity index (χ1v) is 10.2. The Balaban J connectivity index is 1.68. The molecule has 1 heterocycles. The van der Waals surface area contributed by atoms with E-state index >= 15 is 0 Å². The van der Waals surface area contributed by atoms with Crippen LogP contribution in [0.15, 0.2) is 101 Å². The first-order valence-electron chi connectivity index (χ1n) is 10.2. The fourth-order valence-corrected chi connectivity index (χ4v) is 4.32. The van der Waals surface area contributed by atoms with Gasteiger partial charge in [-0.05, 0) is 40.6 Å². The lowest BCUT2D eigenvalue weighted by Crippen LogP contribution is -1.91. The lowest BCUT2D eigenvalue weighted by molar-refractivity contribution is -0.384. The number of nitro groups is 1. The molecule has 0 spiro atoms. The fourth-order valence-electron chi connectivity index (χ4n) is 4.32. The first-order chi connectivity index (χ1) is 15.7. The summed E-state index contributed by atoms with van der Waals surface area (Å²) >= 11 is 0. The van der Waals surface area contributed by atoms with Crippen LogP contribution >= 0.6 is 0 Å². The predicted octanol–water partition coefficient (Wildman–Crippen LogP) is 7.38. The minimum absolute atomic E-state index is 0.0880. The van der Waals surface area contributed by atoms with Gasteiger partial charge in [0, 0.05) is 22.4 Å². The predicted molar refractivity (Wildman–Crippen MR) is 127 cm³/mol. The van der Waals surface area contributed by atoms with Crippen molar-refractivity contribution < 1.29 is 9.34 Å². The highest BCUT2D eigenvalue weighted by Crippen LogP contribution is 2.39. The molecule has 5 heteroatoms. The van der Waals surface area contributed by atoms with Crippen molar-refractivity contribution in [3.63, 3.8) is 0 Å². The largest absolute Gasteiger partial charge is 0.435 e. The van der Waals surface area contributed by atoms with Gasteiger partial charge in [-0.15, -0.1) is 0 Å². The minimum atomic E-state index is -0.343. The number of hydrogen-bond acceptors (Lipinski definition) is 4. The maximum Gasteiger partial charge on any atom is 0.277 e. The van der Waals surface area contributed by atoms with Crippen molar-refractivity contribution >= 4 is 38.3 Å². The molecule has 0 saturated carbocycles. The van der Waals surface area contributed by atoms with Crippen molar-refractivity contribution in [1.82, 2.24) is 4.98 Å². The van der Waals surface area contributed by atoms with Gasteiger partial charge in [-0.3, -0.25) is 10.1 Å². The molecular weight excluding hydrogens is 400 g/mol. The highest BCUT2D eigenvalue weighted by atomic mass is 16.6. The van der Waals surface area contributed by atoms with Gasteiger partial charge in [-0.1, -0.05) is 66.7 Å². The van der Waals surface area contributed by atoms with Gasteiger partial charge < -0.3 is 4.42 Å². The summed E-state index contributed by atoms with van der Waals surface area (Å²) in [7, 11) is 0. The first kappa shape index (κ1) is 18.3. The molecule has 0 saturated heterocycles. The summed E-state index contributed by atoms with van der Waals surface area (Å²) in [6, 6.07) is 30.6. The molecule has 1 aromatic heterocycles. The zero-order valence-electron chi connectivity index (χ0n) is 16.9. The zero-order chi connectivity index (χ0) is 21.7. The topological polar surface area (TPSA) is 69.2 Å². The van der Waals surface area contributed by atoms with E-state index in [2.05, 4.69) is 0 Å². The van der Waals surface area contributed by atoms with Gasteiger partial charge in [0.25, 0.3) is 5.69 Å². The number of nitrogens with zero attached hydrogens (tertiary/aromatic N) is 2. The average molecular weight is 416 g/mol. The third-order valence-electron chi connectivity index (χ3n) is 5.80. The van der Waals surface area contributed by atoms with E-state index in [0.29, 0.717) is 11.5 Å². The standard InChI is InChI=1S/C27H16N2O3/c30-29(31)24-13-7-6-10-19(24)18-14-15-21-23(16-18)20-11-4-5-12-22(20)26-25(21)28-27(32-26)17-8-2-1-3-9-17/h1-16H. The Kier molecular flexibility index (Phi) is 4.01. The summed E-state index contributed by atoms with van der Waals surface area (Å²) in [4.78, 5) is 16.1. The van der Waals surface area contributed by atoms with Crippen molar-refractivity contribution in [2.75, 3.05) is 0 Å². The molecule has 152 valence electrons. The van der Waals surface area contributed by atoms with E-state index in [-0.39, 0.29) is 10.6 Å². The van der Waals surface area contributed by atoms with Gasteiger partial charge in [0.15, 0.2) is 5.58 Å². The molecule has 0 amide bonds. The Morgan fingerprint density at radius 1 is 0.688 bits per heavy atom. The Hall–Kier alpha value is -4.51. The number of rotatable bonds is 3. The second-order valence-corrected chi connectivity index (χ2v) is 7.64. The maximum atomic E-state index is 11.6. The van der Waals surface area contributed by atoms with Crippen LogP contribution in [0.5, 0.6) is 0 Å². The molecule has 0 fully saturated rings. The van der Waals surface area contributed by atoms with E-state index in [9.17, 15) is 10.1 Å². The van der Waals surface area contributed by atoms with E-state index < -0.39 is 0 Å². The lowest BCUT2D eigenvalue weighted by Gasteiger charge is -2.08. The Morgan fingerprint density at radius 2 is 1.41 bits per heavy atom. The van der Waals surface area contributed by atoms with E-state index in [1.807, 2.05) is 78.9 Å². The van der Waals surface area contributed by atoms with E-state index in [0.717, 1.165) is 43.8 Å². The maximum absolute atomic E-state index is 11.6. The molecular formula is C27H16N2O3. The van der Waals surface area contributed by atoms with Crippen LogP contribution in [0.4, 0.5) is 5.69 Å². The average Bonchev–Trinajstić information content (AvgIpc) is 3.30. The molecule has 0 N–H and O–H groups in total. The molecule has 0 aliphatic rings. The molecule has 0 unspecified atom stereocenters. The molecule has 6 aromatic rings. The van der Waals surface area contributed by atoms with Crippen molar-refractivity contribution in [2.45, 2.75) is 0 Å². The summed E-state index contributed by atoms with van der Waals surface area (Å²) in [5.41, 5.74) is 3.91. The van der Waals surface area contributed by atoms with Crippen LogP contribution in [0.25, 0.3) is 55.2 Å². The van der Waals surface area contributed by atoms with Gasteiger partial charge in [0.2, 0.25) is 5.89 Å². The van der Waals surface area contributed by atoms with Crippen LogP contribution in [0.2, 0.25) is 0 Å². The van der Waals surface area contributed by atoms with Gasteiger partial charge in [-0.25, -0.2) is 4.98 Å². The van der Waals surface area contributed by atoms with Crippen molar-refractivity contribution in [3.8, 4) is 22.6 Å². The van der Waals surface area contributed by atoms with Crippen LogP contribution in [0, 0.1) is 10.1 Å². The Bertz CT molecular complexity index is 1650. The molecule has 0 aliphatic heterocycles. The highest BCUT2D eigenvalue weighted by Gasteiger charge is 2.18. The number of nitro benzene ring substituents is 1. The lowest BCUT2D eigenvalue weighted by atomic mass is 9.95. The molecule has 5 nitrogen and oxygen atoms in total. The summed E-state index contributed by atoms with van der Waals surface area (Å²) in [6.07, 6.45) is 0. The normalized spacial score (nSPS) is 11.4. The summed E-state index contributed by atoms with van der Waals surface area (Å²) in [6.45, 7) is 0. The monoisotopic (exact) mass is 416 g/mol. The van der Waals surface area contributed by atoms with Crippen molar-refractivity contribution in [1.29, 1.82) is 0 Å². The number of aromatic nitrogens is 1. The van der Waals surface area contributed by atoms with E-state index in [1.165, 1.54) is 6.07 Å². The number of oxazole rings is 1. The van der Waals surface area contributed by atoms with E-state index in [1.54, 1.807) is 12.1 Å². The van der Waals surface area contributed by atoms with Crippen molar-refractivity contribution in [3.05, 3.63) is 107 Å². The van der Waals surface area contributed by atoms with Crippen LogP contribution in [-0.4, -0.2) is 9.91 Å². The third kappa shape index (κ3) is 2.76. The van der Waals surface area contributed by atoms with Crippen LogP contribution in [-0.2, 0) is 0 Å². The molecule has 0 radical (unpaired) electrons. The molecule has 5 aromatic carbocycles. The van der Waals surface area contributed by atoms with Crippen LogP contribution < -0.4 is 0 Å². The summed E-state index contributed by atoms with van der Waals surface area (Å²) in [5.74, 6) is 0.570. The zero-order valence-corrected chi connectivity index (χ0v) is 16.9. The van der Waals surface area contributed by atoms with Gasteiger partial charge in [0.05, 0.1) is 10.5 Å². The number of fused-ring (bicyclic) bond motifs is 6. The van der Waals surface area contributed by atoms with Gasteiger partial charge in [0.1, 0.15) is 5.52 Å². The van der Waals surface area contributed by atoms with Gasteiger partial charge >= 0.3 is 0 Å². The minimum Gasteiger partial charge on any atom is -0.435 e. The number of benzene rings is 5. The van der Waals surface area contributed by atoms with Crippen LogP contribution in [0.3, 0.4) is 0 Å². The van der Waals surface area contributed by atoms with Crippen molar-refractivity contribution in [2.24, 2.45) is 0 Å². The third-order valence-corrected chi connectivity index (χ3v) is 5.80. The smallest absolute Gasteiger partial charge is 0.277 e. The SMILES string of the molecule is O=[N+]([O-])c1ccccc1-c1ccc2c(c1)c1ccccc1c1oc(-c3ccccc3)nc21.